The van der Waals surface area contributed by atoms with Crippen LogP contribution in [0.1, 0.15) is 18.7 Å². The molecule has 4 heteroatoms. The van der Waals surface area contributed by atoms with Gasteiger partial charge in [-0.15, -0.1) is 11.3 Å². The van der Waals surface area contributed by atoms with Gasteiger partial charge in [0.05, 0.1) is 4.34 Å². The van der Waals surface area contributed by atoms with E-state index in [4.69, 9.17) is 17.3 Å². The van der Waals surface area contributed by atoms with Crippen molar-refractivity contribution in [3.05, 3.63) is 21.3 Å². The zero-order valence-electron chi connectivity index (χ0n) is 9.35. The summed E-state index contributed by atoms with van der Waals surface area (Å²) in [6, 6.07) is 4.04. The van der Waals surface area contributed by atoms with E-state index in [1.54, 1.807) is 11.3 Å². The van der Waals surface area contributed by atoms with Crippen molar-refractivity contribution in [3.8, 4) is 0 Å². The predicted octanol–water partition coefficient (Wildman–Crippen LogP) is 2.52. The molecule has 0 fully saturated rings. The van der Waals surface area contributed by atoms with Gasteiger partial charge in [-0.25, -0.2) is 0 Å². The lowest BCUT2D eigenvalue weighted by molar-refractivity contribution is 0.353. The molecule has 0 saturated heterocycles. The van der Waals surface area contributed by atoms with Gasteiger partial charge in [0.25, 0.3) is 0 Å². The van der Waals surface area contributed by atoms with Crippen molar-refractivity contribution in [2.75, 3.05) is 19.6 Å². The van der Waals surface area contributed by atoms with Crippen LogP contribution in [0.2, 0.25) is 4.34 Å². The van der Waals surface area contributed by atoms with Gasteiger partial charge >= 0.3 is 0 Å². The third kappa shape index (κ3) is 4.98. The van der Waals surface area contributed by atoms with Gasteiger partial charge in [0, 0.05) is 11.4 Å². The summed E-state index contributed by atoms with van der Waals surface area (Å²) in [6.07, 6.45) is 1.04. The third-order valence-electron chi connectivity index (χ3n) is 2.33. The SMILES string of the molecule is CC(C)(CN)CNCCc1ccc(Cl)s1. The molecule has 0 aromatic carbocycles. The Balaban J connectivity index is 2.17. The summed E-state index contributed by atoms with van der Waals surface area (Å²) >= 11 is 7.50. The smallest absolute Gasteiger partial charge is 0.0931 e. The van der Waals surface area contributed by atoms with E-state index < -0.39 is 0 Å². The zero-order valence-corrected chi connectivity index (χ0v) is 10.9. The lowest BCUT2D eigenvalue weighted by atomic mass is 9.94. The molecule has 0 amide bonds. The highest BCUT2D eigenvalue weighted by atomic mass is 35.5. The van der Waals surface area contributed by atoms with Gasteiger partial charge < -0.3 is 11.1 Å². The molecule has 1 aromatic rings. The van der Waals surface area contributed by atoms with Gasteiger partial charge in [-0.1, -0.05) is 25.4 Å². The second kappa shape index (κ2) is 5.85. The van der Waals surface area contributed by atoms with E-state index >= 15 is 0 Å². The molecule has 0 aliphatic rings. The van der Waals surface area contributed by atoms with Crippen molar-refractivity contribution in [1.29, 1.82) is 0 Å². The number of thiophene rings is 1. The highest BCUT2D eigenvalue weighted by molar-refractivity contribution is 7.16. The van der Waals surface area contributed by atoms with Crippen molar-refractivity contribution in [3.63, 3.8) is 0 Å². The number of hydrogen-bond donors (Lipinski definition) is 2. The highest BCUT2D eigenvalue weighted by Crippen LogP contribution is 2.21. The van der Waals surface area contributed by atoms with Gasteiger partial charge in [0.15, 0.2) is 0 Å². The Kier molecular flexibility index (Phi) is 5.06. The highest BCUT2D eigenvalue weighted by Gasteiger charge is 2.14. The molecule has 0 radical (unpaired) electrons. The number of hydrogen-bond acceptors (Lipinski definition) is 3. The molecule has 1 aromatic heterocycles. The minimum absolute atomic E-state index is 0.188. The molecule has 0 spiro atoms. The summed E-state index contributed by atoms with van der Waals surface area (Å²) in [5, 5.41) is 3.42. The fourth-order valence-electron chi connectivity index (χ4n) is 1.20. The molecular formula is C11H19ClN2S. The lowest BCUT2D eigenvalue weighted by Gasteiger charge is -2.22. The van der Waals surface area contributed by atoms with Crippen molar-refractivity contribution in [2.45, 2.75) is 20.3 Å². The molecule has 15 heavy (non-hydrogen) atoms. The maximum absolute atomic E-state index is 5.85. The zero-order chi connectivity index (χ0) is 11.3. The van der Waals surface area contributed by atoms with E-state index in [0.717, 1.165) is 23.8 Å². The van der Waals surface area contributed by atoms with E-state index in [0.29, 0.717) is 6.54 Å². The Hall–Kier alpha value is -0.0900. The van der Waals surface area contributed by atoms with E-state index in [1.807, 2.05) is 6.07 Å². The van der Waals surface area contributed by atoms with Crippen LogP contribution in [-0.4, -0.2) is 19.6 Å². The van der Waals surface area contributed by atoms with E-state index in [-0.39, 0.29) is 5.41 Å². The largest absolute Gasteiger partial charge is 0.330 e. The van der Waals surface area contributed by atoms with Crippen molar-refractivity contribution >= 4 is 22.9 Å². The summed E-state index contributed by atoms with van der Waals surface area (Å²) in [5.74, 6) is 0. The van der Waals surface area contributed by atoms with Gasteiger partial charge in [-0.05, 0) is 37.1 Å². The van der Waals surface area contributed by atoms with Crippen molar-refractivity contribution in [1.82, 2.24) is 5.32 Å². The first-order chi connectivity index (χ1) is 7.03. The first-order valence-corrected chi connectivity index (χ1v) is 6.38. The molecule has 1 heterocycles. The van der Waals surface area contributed by atoms with Crippen LogP contribution in [0, 0.1) is 5.41 Å². The summed E-state index contributed by atoms with van der Waals surface area (Å²) in [5.41, 5.74) is 5.84. The predicted molar refractivity (Wildman–Crippen MR) is 68.7 cm³/mol. The van der Waals surface area contributed by atoms with Gasteiger partial charge in [0.2, 0.25) is 0 Å². The summed E-state index contributed by atoms with van der Waals surface area (Å²) in [7, 11) is 0. The van der Waals surface area contributed by atoms with Gasteiger partial charge in [-0.3, -0.25) is 0 Å². The molecule has 0 aliphatic heterocycles. The first-order valence-electron chi connectivity index (χ1n) is 5.18. The summed E-state index contributed by atoms with van der Waals surface area (Å²) in [4.78, 5) is 1.33. The van der Waals surface area contributed by atoms with Crippen molar-refractivity contribution in [2.24, 2.45) is 11.1 Å². The van der Waals surface area contributed by atoms with Crippen LogP contribution in [0.4, 0.5) is 0 Å². The minimum atomic E-state index is 0.188. The molecule has 0 saturated carbocycles. The van der Waals surface area contributed by atoms with Crippen LogP contribution in [0.15, 0.2) is 12.1 Å². The van der Waals surface area contributed by atoms with E-state index in [1.165, 1.54) is 4.88 Å². The molecular weight excluding hydrogens is 228 g/mol. The second-order valence-corrected chi connectivity index (χ2v) is 6.30. The number of nitrogens with two attached hydrogens (primary N) is 1. The Morgan fingerprint density at radius 2 is 2.20 bits per heavy atom. The minimum Gasteiger partial charge on any atom is -0.330 e. The second-order valence-electron chi connectivity index (χ2n) is 4.50. The first kappa shape index (κ1) is 13.0. The molecule has 1 rings (SSSR count). The van der Waals surface area contributed by atoms with Crippen LogP contribution >= 0.6 is 22.9 Å². The number of nitrogens with one attached hydrogen (secondary N) is 1. The standard InChI is InChI=1S/C11H19ClN2S/c1-11(2,7-13)8-14-6-5-9-3-4-10(12)15-9/h3-4,14H,5-8,13H2,1-2H3. The van der Waals surface area contributed by atoms with Crippen LogP contribution < -0.4 is 11.1 Å². The fourth-order valence-corrected chi connectivity index (χ4v) is 2.28. The van der Waals surface area contributed by atoms with E-state index in [9.17, 15) is 0 Å². The topological polar surface area (TPSA) is 38.0 Å². The van der Waals surface area contributed by atoms with Crippen molar-refractivity contribution < 1.29 is 0 Å². The molecule has 0 unspecified atom stereocenters. The molecule has 3 N–H and O–H groups in total. The molecule has 86 valence electrons. The quantitative estimate of drug-likeness (QED) is 0.757. The Labute approximate surface area is 101 Å². The van der Waals surface area contributed by atoms with Crippen LogP contribution in [0.3, 0.4) is 0 Å². The Morgan fingerprint density at radius 3 is 2.73 bits per heavy atom. The molecule has 2 nitrogen and oxygen atoms in total. The number of rotatable bonds is 6. The maximum atomic E-state index is 5.85. The Bertz CT molecular complexity index is 297. The number of halogens is 1. The van der Waals surface area contributed by atoms with E-state index in [2.05, 4.69) is 25.2 Å². The monoisotopic (exact) mass is 246 g/mol. The maximum Gasteiger partial charge on any atom is 0.0931 e. The fraction of sp³-hybridized carbons (Fsp3) is 0.636. The van der Waals surface area contributed by atoms with Gasteiger partial charge in [-0.2, -0.15) is 0 Å². The molecule has 0 aliphatic carbocycles. The summed E-state index contributed by atoms with van der Waals surface area (Å²) < 4.78 is 0.868. The average Bonchev–Trinajstić information content (AvgIpc) is 2.59. The lowest BCUT2D eigenvalue weighted by Crippen LogP contribution is -2.36. The normalized spacial score (nSPS) is 12.0. The Morgan fingerprint density at radius 1 is 1.47 bits per heavy atom. The average molecular weight is 247 g/mol. The summed E-state index contributed by atoms with van der Waals surface area (Å²) in [6.45, 7) is 7.00. The van der Waals surface area contributed by atoms with Crippen LogP contribution in [0.5, 0.6) is 0 Å². The van der Waals surface area contributed by atoms with Crippen LogP contribution in [-0.2, 0) is 6.42 Å². The molecule has 0 bridgehead atoms. The third-order valence-corrected chi connectivity index (χ3v) is 3.62. The van der Waals surface area contributed by atoms with Crippen LogP contribution in [0.25, 0.3) is 0 Å². The van der Waals surface area contributed by atoms with Gasteiger partial charge in [0.1, 0.15) is 0 Å². The molecule has 0 atom stereocenters.